The molecule has 1 aromatic heterocycles. The first kappa shape index (κ1) is 10.9. The van der Waals surface area contributed by atoms with Gasteiger partial charge in [-0.1, -0.05) is 0 Å². The zero-order valence-corrected chi connectivity index (χ0v) is 10.1. The highest BCUT2D eigenvalue weighted by Crippen LogP contribution is 2.32. The summed E-state index contributed by atoms with van der Waals surface area (Å²) in [5.41, 5.74) is 8.11. The minimum absolute atomic E-state index is 0.211. The molecule has 0 spiro atoms. The number of halogens is 1. The Morgan fingerprint density at radius 1 is 1.29 bits per heavy atom. The van der Waals surface area contributed by atoms with Crippen LogP contribution in [0.4, 0.5) is 4.39 Å². The van der Waals surface area contributed by atoms with Gasteiger partial charge in [-0.05, 0) is 43.5 Å². The molecule has 4 heteroatoms. The summed E-state index contributed by atoms with van der Waals surface area (Å²) in [4.78, 5) is 5.92. The molecule has 17 heavy (non-hydrogen) atoms. The number of hydrogen-bond acceptors (Lipinski definition) is 3. The summed E-state index contributed by atoms with van der Waals surface area (Å²) in [6.07, 6.45) is 2.90. The molecular weight excluding hydrogens is 235 g/mol. The summed E-state index contributed by atoms with van der Waals surface area (Å²) < 4.78 is 12.8. The Balaban J connectivity index is 1.97. The van der Waals surface area contributed by atoms with E-state index in [-0.39, 0.29) is 11.9 Å². The minimum atomic E-state index is -0.211. The number of hydrogen-bond donors (Lipinski definition) is 1. The van der Waals surface area contributed by atoms with Gasteiger partial charge in [0.05, 0.1) is 5.69 Å². The highest BCUT2D eigenvalue weighted by molar-refractivity contribution is 7.15. The van der Waals surface area contributed by atoms with Crippen LogP contribution in [-0.4, -0.2) is 11.0 Å². The van der Waals surface area contributed by atoms with Crippen LogP contribution in [0.25, 0.3) is 10.6 Å². The largest absolute Gasteiger partial charge is 0.327 e. The van der Waals surface area contributed by atoms with Gasteiger partial charge < -0.3 is 5.73 Å². The first-order chi connectivity index (χ1) is 8.22. The lowest BCUT2D eigenvalue weighted by Crippen LogP contribution is -2.26. The summed E-state index contributed by atoms with van der Waals surface area (Å²) in [6.45, 7) is 0. The third-order valence-electron chi connectivity index (χ3n) is 3.07. The van der Waals surface area contributed by atoms with Gasteiger partial charge in [0, 0.05) is 16.5 Å². The number of nitrogens with two attached hydrogens (primary N) is 1. The number of thiazole rings is 1. The fourth-order valence-electron chi connectivity index (χ4n) is 2.12. The molecule has 1 heterocycles. The molecule has 0 fully saturated rings. The van der Waals surface area contributed by atoms with Crippen molar-refractivity contribution >= 4 is 11.3 Å². The number of aryl methyl sites for hydroxylation is 1. The maximum atomic E-state index is 12.8. The van der Waals surface area contributed by atoms with Gasteiger partial charge in [0.1, 0.15) is 10.8 Å². The molecule has 2 nitrogen and oxygen atoms in total. The maximum Gasteiger partial charge on any atom is 0.123 e. The van der Waals surface area contributed by atoms with Crippen molar-refractivity contribution in [2.45, 2.75) is 25.3 Å². The highest BCUT2D eigenvalue weighted by atomic mass is 32.1. The third-order valence-corrected chi connectivity index (χ3v) is 4.24. The Labute approximate surface area is 103 Å². The molecule has 88 valence electrons. The number of fused-ring (bicyclic) bond motifs is 1. The molecule has 0 radical (unpaired) electrons. The average molecular weight is 248 g/mol. The van der Waals surface area contributed by atoms with E-state index in [0.717, 1.165) is 29.8 Å². The van der Waals surface area contributed by atoms with Crippen LogP contribution < -0.4 is 5.73 Å². The molecule has 1 aliphatic carbocycles. The summed E-state index contributed by atoms with van der Waals surface area (Å²) in [5, 5.41) is 0.976. The Kier molecular flexibility index (Phi) is 2.68. The van der Waals surface area contributed by atoms with E-state index in [9.17, 15) is 4.39 Å². The quantitative estimate of drug-likeness (QED) is 0.842. The van der Waals surface area contributed by atoms with E-state index in [1.807, 2.05) is 0 Å². The van der Waals surface area contributed by atoms with Crippen molar-refractivity contribution in [2.75, 3.05) is 0 Å². The van der Waals surface area contributed by atoms with Crippen LogP contribution in [0.1, 0.15) is 17.0 Å². The number of aromatic nitrogens is 1. The summed E-state index contributed by atoms with van der Waals surface area (Å²) in [7, 11) is 0. The van der Waals surface area contributed by atoms with E-state index in [0.29, 0.717) is 0 Å². The molecule has 1 aromatic carbocycles. The normalized spacial score (nSPS) is 19.1. The van der Waals surface area contributed by atoms with Gasteiger partial charge in [-0.3, -0.25) is 0 Å². The van der Waals surface area contributed by atoms with E-state index < -0.39 is 0 Å². The zero-order chi connectivity index (χ0) is 11.8. The first-order valence-corrected chi connectivity index (χ1v) is 6.54. The maximum absolute atomic E-state index is 12.8. The smallest absolute Gasteiger partial charge is 0.123 e. The second-order valence-electron chi connectivity index (χ2n) is 4.40. The Morgan fingerprint density at radius 3 is 2.82 bits per heavy atom. The lowest BCUT2D eigenvalue weighted by atomic mass is 9.99. The van der Waals surface area contributed by atoms with E-state index in [1.165, 1.54) is 22.7 Å². The Morgan fingerprint density at radius 2 is 2.06 bits per heavy atom. The second kappa shape index (κ2) is 4.20. The van der Waals surface area contributed by atoms with Crippen molar-refractivity contribution in [1.82, 2.24) is 4.98 Å². The van der Waals surface area contributed by atoms with E-state index in [1.54, 1.807) is 23.5 Å². The van der Waals surface area contributed by atoms with Gasteiger partial charge in [-0.15, -0.1) is 11.3 Å². The molecule has 0 amide bonds. The van der Waals surface area contributed by atoms with Crippen LogP contribution in [0.15, 0.2) is 24.3 Å². The lowest BCUT2D eigenvalue weighted by molar-refractivity contribution is 0.576. The Bertz CT molecular complexity index is 533. The van der Waals surface area contributed by atoms with Crippen molar-refractivity contribution in [3.8, 4) is 10.6 Å². The summed E-state index contributed by atoms with van der Waals surface area (Å²) >= 11 is 1.68. The molecule has 3 rings (SSSR count). The van der Waals surface area contributed by atoms with E-state index in [2.05, 4.69) is 4.98 Å². The monoisotopic (exact) mass is 248 g/mol. The van der Waals surface area contributed by atoms with Crippen LogP contribution in [0, 0.1) is 5.82 Å². The van der Waals surface area contributed by atoms with Crippen molar-refractivity contribution in [2.24, 2.45) is 5.73 Å². The van der Waals surface area contributed by atoms with Crippen LogP contribution in [0.2, 0.25) is 0 Å². The standard InChI is InChI=1S/C13H13FN2S/c14-9-3-1-8(2-4-9)13-16-11-6-5-10(15)7-12(11)17-13/h1-4,10H,5-7,15H2. The number of nitrogens with zero attached hydrogens (tertiary/aromatic N) is 1. The minimum Gasteiger partial charge on any atom is -0.327 e. The average Bonchev–Trinajstić information content (AvgIpc) is 2.72. The van der Waals surface area contributed by atoms with Crippen molar-refractivity contribution in [3.63, 3.8) is 0 Å². The summed E-state index contributed by atoms with van der Waals surface area (Å²) in [5.74, 6) is -0.211. The van der Waals surface area contributed by atoms with Crippen molar-refractivity contribution < 1.29 is 4.39 Å². The molecule has 0 saturated heterocycles. The van der Waals surface area contributed by atoms with E-state index in [4.69, 9.17) is 5.73 Å². The van der Waals surface area contributed by atoms with Gasteiger partial charge >= 0.3 is 0 Å². The topological polar surface area (TPSA) is 38.9 Å². The van der Waals surface area contributed by atoms with Gasteiger partial charge in [-0.2, -0.15) is 0 Å². The van der Waals surface area contributed by atoms with Gasteiger partial charge in [0.15, 0.2) is 0 Å². The van der Waals surface area contributed by atoms with Gasteiger partial charge in [0.2, 0.25) is 0 Å². The molecular formula is C13H13FN2S. The van der Waals surface area contributed by atoms with Crippen LogP contribution in [-0.2, 0) is 12.8 Å². The van der Waals surface area contributed by atoms with Crippen LogP contribution >= 0.6 is 11.3 Å². The summed E-state index contributed by atoms with van der Waals surface area (Å²) in [6, 6.07) is 6.77. The van der Waals surface area contributed by atoms with Crippen molar-refractivity contribution in [1.29, 1.82) is 0 Å². The molecule has 0 aliphatic heterocycles. The molecule has 1 atom stereocenters. The molecule has 1 unspecified atom stereocenters. The van der Waals surface area contributed by atoms with Crippen molar-refractivity contribution in [3.05, 3.63) is 40.7 Å². The Hall–Kier alpha value is -1.26. The molecule has 0 bridgehead atoms. The van der Waals surface area contributed by atoms with E-state index >= 15 is 0 Å². The number of rotatable bonds is 1. The van der Waals surface area contributed by atoms with Gasteiger partial charge in [-0.25, -0.2) is 9.37 Å². The van der Waals surface area contributed by atoms with Crippen LogP contribution in [0.3, 0.4) is 0 Å². The van der Waals surface area contributed by atoms with Gasteiger partial charge in [0.25, 0.3) is 0 Å². The SMILES string of the molecule is NC1CCc2nc(-c3ccc(F)cc3)sc2C1. The zero-order valence-electron chi connectivity index (χ0n) is 9.32. The molecule has 1 aliphatic rings. The highest BCUT2D eigenvalue weighted by Gasteiger charge is 2.20. The van der Waals surface area contributed by atoms with Crippen LogP contribution in [0.5, 0.6) is 0 Å². The molecule has 2 N–H and O–H groups in total. The second-order valence-corrected chi connectivity index (χ2v) is 5.48. The third kappa shape index (κ3) is 2.10. The first-order valence-electron chi connectivity index (χ1n) is 5.72. The predicted octanol–water partition coefficient (Wildman–Crippen LogP) is 2.77. The predicted molar refractivity (Wildman–Crippen MR) is 67.5 cm³/mol. The number of benzene rings is 1. The fraction of sp³-hybridized carbons (Fsp3) is 0.308. The fourth-order valence-corrected chi connectivity index (χ4v) is 3.32. The lowest BCUT2D eigenvalue weighted by Gasteiger charge is -2.15. The molecule has 0 saturated carbocycles. The molecule has 2 aromatic rings.